The highest BCUT2D eigenvalue weighted by molar-refractivity contribution is 9.11. The van der Waals surface area contributed by atoms with Crippen LogP contribution in [0.15, 0.2) is 20.1 Å². The lowest BCUT2D eigenvalue weighted by Crippen LogP contribution is -2.41. The molecular weight excluding hydrogens is 400 g/mol. The Morgan fingerprint density at radius 1 is 1.29 bits per heavy atom. The number of sulfonamides is 1. The zero-order valence-electron chi connectivity index (χ0n) is 10.7. The van der Waals surface area contributed by atoms with Crippen LogP contribution in [-0.4, -0.2) is 53.7 Å². The van der Waals surface area contributed by atoms with Crippen molar-refractivity contribution in [3.63, 3.8) is 0 Å². The first-order valence-electron chi connectivity index (χ1n) is 6.14. The van der Waals surface area contributed by atoms with E-state index in [1.165, 1.54) is 9.21 Å². The fraction of sp³-hybridized carbons (Fsp3) is 0.455. The molecule has 3 heterocycles. The number of thiophene rings is 1. The molecule has 2 aliphatic heterocycles. The van der Waals surface area contributed by atoms with Gasteiger partial charge in [0.1, 0.15) is 4.21 Å². The van der Waals surface area contributed by atoms with E-state index in [0.29, 0.717) is 13.0 Å². The molecule has 2 fully saturated rings. The molecule has 6 nitrogen and oxygen atoms in total. The third-order valence-electron chi connectivity index (χ3n) is 3.42. The molecule has 1 atom stereocenters. The van der Waals surface area contributed by atoms with Crippen molar-refractivity contribution in [1.82, 2.24) is 9.21 Å². The van der Waals surface area contributed by atoms with Gasteiger partial charge in [0.05, 0.1) is 15.6 Å². The van der Waals surface area contributed by atoms with Gasteiger partial charge < -0.3 is 0 Å². The van der Waals surface area contributed by atoms with Crippen LogP contribution in [0.1, 0.15) is 6.42 Å². The molecule has 21 heavy (non-hydrogen) atoms. The first kappa shape index (κ1) is 15.5. The SMILES string of the molecule is O=C1CSC(=O)N1[C@@H]1CCN(S(=O)(=O)c2ccc(Br)s2)C1. The van der Waals surface area contributed by atoms with Crippen LogP contribution in [-0.2, 0) is 14.8 Å². The number of thioether (sulfide) groups is 1. The monoisotopic (exact) mass is 410 g/mol. The molecule has 0 spiro atoms. The summed E-state index contributed by atoms with van der Waals surface area (Å²) in [5, 5.41) is -0.275. The topological polar surface area (TPSA) is 74.8 Å². The first-order chi connectivity index (χ1) is 9.89. The summed E-state index contributed by atoms with van der Waals surface area (Å²) >= 11 is 5.38. The van der Waals surface area contributed by atoms with Gasteiger partial charge in [-0.1, -0.05) is 11.8 Å². The van der Waals surface area contributed by atoms with Crippen LogP contribution in [0.2, 0.25) is 0 Å². The van der Waals surface area contributed by atoms with Crippen molar-refractivity contribution in [2.45, 2.75) is 16.7 Å². The Morgan fingerprint density at radius 2 is 2.05 bits per heavy atom. The maximum absolute atomic E-state index is 12.5. The Morgan fingerprint density at radius 3 is 2.62 bits per heavy atom. The quantitative estimate of drug-likeness (QED) is 0.761. The van der Waals surface area contributed by atoms with E-state index in [0.717, 1.165) is 26.9 Å². The molecule has 2 saturated heterocycles. The summed E-state index contributed by atoms with van der Waals surface area (Å²) in [7, 11) is -3.55. The van der Waals surface area contributed by atoms with Crippen LogP contribution in [0.25, 0.3) is 0 Å². The number of amides is 2. The highest BCUT2D eigenvalue weighted by Gasteiger charge is 2.42. The van der Waals surface area contributed by atoms with Crippen molar-refractivity contribution in [2.75, 3.05) is 18.8 Å². The van der Waals surface area contributed by atoms with Crippen LogP contribution in [0, 0.1) is 0 Å². The van der Waals surface area contributed by atoms with Gasteiger partial charge in [0.15, 0.2) is 0 Å². The molecule has 0 unspecified atom stereocenters. The lowest BCUT2D eigenvalue weighted by Gasteiger charge is -2.21. The van der Waals surface area contributed by atoms with Gasteiger partial charge in [-0.25, -0.2) is 8.42 Å². The van der Waals surface area contributed by atoms with Gasteiger partial charge >= 0.3 is 0 Å². The van der Waals surface area contributed by atoms with E-state index in [4.69, 9.17) is 0 Å². The zero-order valence-corrected chi connectivity index (χ0v) is 14.7. The molecule has 0 aliphatic carbocycles. The van der Waals surface area contributed by atoms with Crippen LogP contribution in [0.3, 0.4) is 0 Å². The first-order valence-corrected chi connectivity index (χ1v) is 10.2. The third-order valence-corrected chi connectivity index (χ3v) is 8.21. The fourth-order valence-corrected chi connectivity index (χ4v) is 6.85. The van der Waals surface area contributed by atoms with E-state index in [-0.39, 0.29) is 33.7 Å². The minimum atomic E-state index is -3.55. The smallest absolute Gasteiger partial charge is 0.273 e. The standard InChI is InChI=1S/C11H11BrN2O4S3/c12-8-1-2-10(20-8)21(17,18)13-4-3-7(5-13)14-9(15)6-19-11(14)16/h1-2,7H,3-6H2/t7-/m1/s1. The summed E-state index contributed by atoms with van der Waals surface area (Å²) in [6, 6.07) is 2.90. The molecule has 3 rings (SSSR count). The second kappa shape index (κ2) is 5.65. The fourth-order valence-electron chi connectivity index (χ4n) is 2.42. The number of carbonyl (C=O) groups is 2. The Labute approximate surface area is 138 Å². The van der Waals surface area contributed by atoms with E-state index in [9.17, 15) is 18.0 Å². The molecule has 0 radical (unpaired) electrons. The molecule has 1 aromatic heterocycles. The number of nitrogens with zero attached hydrogens (tertiary/aromatic N) is 2. The summed E-state index contributed by atoms with van der Waals surface area (Å²) in [6.45, 7) is 0.500. The lowest BCUT2D eigenvalue weighted by molar-refractivity contribution is -0.126. The van der Waals surface area contributed by atoms with Crippen molar-refractivity contribution in [2.24, 2.45) is 0 Å². The van der Waals surface area contributed by atoms with E-state index in [1.807, 2.05) is 0 Å². The third kappa shape index (κ3) is 2.79. The molecular formula is C11H11BrN2O4S3. The minimum absolute atomic E-state index is 0.153. The molecule has 114 valence electrons. The second-order valence-corrected chi connectivity index (χ2v) is 10.2. The van der Waals surface area contributed by atoms with Gasteiger partial charge in [0.2, 0.25) is 5.91 Å². The summed E-state index contributed by atoms with van der Waals surface area (Å²) in [5.41, 5.74) is 0. The largest absolute Gasteiger partial charge is 0.289 e. The molecule has 2 aliphatic rings. The van der Waals surface area contributed by atoms with E-state index in [2.05, 4.69) is 15.9 Å². The van der Waals surface area contributed by atoms with Gasteiger partial charge in [0.25, 0.3) is 15.3 Å². The highest BCUT2D eigenvalue weighted by Crippen LogP contribution is 2.32. The molecule has 1 aromatic rings. The van der Waals surface area contributed by atoms with Gasteiger partial charge in [-0.15, -0.1) is 11.3 Å². The maximum atomic E-state index is 12.5. The predicted molar refractivity (Wildman–Crippen MR) is 83.9 cm³/mol. The van der Waals surface area contributed by atoms with Gasteiger partial charge in [-0.05, 0) is 34.5 Å². The van der Waals surface area contributed by atoms with Crippen molar-refractivity contribution in [3.8, 4) is 0 Å². The lowest BCUT2D eigenvalue weighted by atomic mass is 10.2. The normalized spacial score (nSPS) is 24.2. The van der Waals surface area contributed by atoms with E-state index in [1.54, 1.807) is 12.1 Å². The number of hydrogen-bond acceptors (Lipinski definition) is 6. The molecule has 0 aromatic carbocycles. The Kier molecular flexibility index (Phi) is 4.17. The summed E-state index contributed by atoms with van der Waals surface area (Å²) < 4.78 is 27.3. The van der Waals surface area contributed by atoms with E-state index < -0.39 is 10.0 Å². The zero-order chi connectivity index (χ0) is 15.2. The van der Waals surface area contributed by atoms with Gasteiger partial charge in [-0.2, -0.15) is 4.31 Å². The number of halogens is 1. The van der Waals surface area contributed by atoms with Crippen molar-refractivity contribution >= 4 is 60.2 Å². The Bertz CT molecular complexity index is 686. The second-order valence-electron chi connectivity index (χ2n) is 4.68. The number of rotatable bonds is 3. The molecule has 0 N–H and O–H groups in total. The number of carbonyl (C=O) groups excluding carboxylic acids is 2. The van der Waals surface area contributed by atoms with Crippen molar-refractivity contribution in [3.05, 3.63) is 15.9 Å². The molecule has 0 saturated carbocycles. The molecule has 0 bridgehead atoms. The van der Waals surface area contributed by atoms with Crippen molar-refractivity contribution < 1.29 is 18.0 Å². The number of hydrogen-bond donors (Lipinski definition) is 0. The van der Waals surface area contributed by atoms with Gasteiger partial charge in [-0.3, -0.25) is 14.5 Å². The highest BCUT2D eigenvalue weighted by atomic mass is 79.9. The average molecular weight is 411 g/mol. The number of imide groups is 1. The maximum Gasteiger partial charge on any atom is 0.289 e. The van der Waals surface area contributed by atoms with Crippen LogP contribution < -0.4 is 0 Å². The summed E-state index contributed by atoms with van der Waals surface area (Å²) in [5.74, 6) is -0.0759. The molecule has 2 amide bonds. The predicted octanol–water partition coefficient (Wildman–Crippen LogP) is 1.97. The minimum Gasteiger partial charge on any atom is -0.273 e. The summed E-state index contributed by atoms with van der Waals surface area (Å²) in [4.78, 5) is 24.6. The average Bonchev–Trinajstić information content (AvgIpc) is 3.11. The molecule has 10 heteroatoms. The summed E-state index contributed by atoms with van der Waals surface area (Å²) in [6.07, 6.45) is 0.490. The van der Waals surface area contributed by atoms with Gasteiger partial charge in [0, 0.05) is 13.1 Å². The van der Waals surface area contributed by atoms with Crippen molar-refractivity contribution in [1.29, 1.82) is 0 Å². The van der Waals surface area contributed by atoms with Crippen LogP contribution in [0.4, 0.5) is 4.79 Å². The van der Waals surface area contributed by atoms with E-state index >= 15 is 0 Å². The Hall–Kier alpha value is -0.420. The van der Waals surface area contributed by atoms with Crippen LogP contribution in [0.5, 0.6) is 0 Å². The van der Waals surface area contributed by atoms with Crippen LogP contribution >= 0.6 is 39.0 Å². The Balaban J connectivity index is 1.78.